The van der Waals surface area contributed by atoms with Gasteiger partial charge in [0, 0.05) is 18.2 Å². The van der Waals surface area contributed by atoms with E-state index in [1.165, 1.54) is 31.2 Å². The van der Waals surface area contributed by atoms with Crippen molar-refractivity contribution in [3.05, 3.63) is 23.8 Å². The Balaban J connectivity index is 2.02. The van der Waals surface area contributed by atoms with E-state index < -0.39 is 0 Å². The maximum Gasteiger partial charge on any atom is 0.165 e. The predicted molar refractivity (Wildman–Crippen MR) is 91.6 cm³/mol. The summed E-state index contributed by atoms with van der Waals surface area (Å²) in [6.07, 6.45) is 5.29. The molecule has 0 radical (unpaired) electrons. The standard InChI is InChI=1S/C19H31NO2/c1-14(2)13-22-19-16(8-6-10-18(19)21-4)12-20-17-9-5-7-15(3)11-17/h6,8,10,14-15,17,20H,5,7,9,11-13H2,1-4H3. The van der Waals surface area contributed by atoms with E-state index in [9.17, 15) is 0 Å². The van der Waals surface area contributed by atoms with Gasteiger partial charge in [-0.25, -0.2) is 0 Å². The summed E-state index contributed by atoms with van der Waals surface area (Å²) in [5, 5.41) is 3.71. The van der Waals surface area contributed by atoms with Gasteiger partial charge in [0.05, 0.1) is 13.7 Å². The number of hydrogen-bond donors (Lipinski definition) is 1. The smallest absolute Gasteiger partial charge is 0.165 e. The van der Waals surface area contributed by atoms with Crippen molar-refractivity contribution in [1.82, 2.24) is 5.32 Å². The third kappa shape index (κ3) is 4.91. The van der Waals surface area contributed by atoms with E-state index in [-0.39, 0.29) is 0 Å². The lowest BCUT2D eigenvalue weighted by Gasteiger charge is -2.28. The van der Waals surface area contributed by atoms with Gasteiger partial charge in [0.1, 0.15) is 0 Å². The fourth-order valence-electron chi connectivity index (χ4n) is 3.15. The largest absolute Gasteiger partial charge is 0.493 e. The van der Waals surface area contributed by atoms with Crippen molar-refractivity contribution < 1.29 is 9.47 Å². The third-order valence-electron chi connectivity index (χ3n) is 4.36. The Morgan fingerprint density at radius 2 is 2.09 bits per heavy atom. The first kappa shape index (κ1) is 17.1. The number of hydrogen-bond acceptors (Lipinski definition) is 3. The van der Waals surface area contributed by atoms with Crippen molar-refractivity contribution in [3.63, 3.8) is 0 Å². The summed E-state index contributed by atoms with van der Waals surface area (Å²) in [6.45, 7) is 8.25. The lowest BCUT2D eigenvalue weighted by atomic mass is 9.87. The van der Waals surface area contributed by atoms with Gasteiger partial charge < -0.3 is 14.8 Å². The molecule has 0 aromatic heterocycles. The molecule has 1 N–H and O–H groups in total. The van der Waals surface area contributed by atoms with Gasteiger partial charge in [-0.15, -0.1) is 0 Å². The summed E-state index contributed by atoms with van der Waals surface area (Å²) in [6, 6.07) is 6.79. The van der Waals surface area contributed by atoms with Crippen LogP contribution in [-0.4, -0.2) is 19.8 Å². The van der Waals surface area contributed by atoms with Gasteiger partial charge in [-0.3, -0.25) is 0 Å². The number of methoxy groups -OCH3 is 1. The summed E-state index contributed by atoms with van der Waals surface area (Å²) in [5.74, 6) is 3.07. The topological polar surface area (TPSA) is 30.5 Å². The Bertz CT molecular complexity index is 459. The molecule has 3 heteroatoms. The molecule has 0 saturated heterocycles. The molecule has 2 unspecified atom stereocenters. The molecule has 124 valence electrons. The Morgan fingerprint density at radius 3 is 2.77 bits per heavy atom. The molecule has 0 spiro atoms. The van der Waals surface area contributed by atoms with Gasteiger partial charge in [-0.1, -0.05) is 45.7 Å². The predicted octanol–water partition coefficient (Wildman–Crippen LogP) is 4.40. The molecule has 1 aliphatic carbocycles. The maximum absolute atomic E-state index is 6.02. The zero-order valence-corrected chi connectivity index (χ0v) is 14.5. The van der Waals surface area contributed by atoms with Crippen molar-refractivity contribution in [1.29, 1.82) is 0 Å². The molecule has 3 nitrogen and oxygen atoms in total. The van der Waals surface area contributed by atoms with E-state index in [2.05, 4.69) is 32.2 Å². The first-order valence-corrected chi connectivity index (χ1v) is 8.62. The molecule has 2 atom stereocenters. The van der Waals surface area contributed by atoms with E-state index in [1.54, 1.807) is 7.11 Å². The zero-order chi connectivity index (χ0) is 15.9. The normalized spacial score (nSPS) is 21.9. The number of para-hydroxylation sites is 1. The number of rotatable bonds is 7. The van der Waals surface area contributed by atoms with Crippen LogP contribution in [0.15, 0.2) is 18.2 Å². The van der Waals surface area contributed by atoms with Gasteiger partial charge in [-0.05, 0) is 30.7 Å². The highest BCUT2D eigenvalue weighted by Crippen LogP contribution is 2.32. The highest BCUT2D eigenvalue weighted by atomic mass is 16.5. The molecule has 0 bridgehead atoms. The third-order valence-corrected chi connectivity index (χ3v) is 4.36. The van der Waals surface area contributed by atoms with Crippen LogP contribution in [-0.2, 0) is 6.54 Å². The van der Waals surface area contributed by atoms with Gasteiger partial charge >= 0.3 is 0 Å². The molecule has 0 heterocycles. The lowest BCUT2D eigenvalue weighted by Crippen LogP contribution is -2.33. The average Bonchev–Trinajstić information content (AvgIpc) is 2.51. The van der Waals surface area contributed by atoms with Crippen molar-refractivity contribution in [2.45, 2.75) is 59.0 Å². The minimum absolute atomic E-state index is 0.505. The van der Waals surface area contributed by atoms with E-state index in [4.69, 9.17) is 9.47 Å². The minimum Gasteiger partial charge on any atom is -0.493 e. The highest BCUT2D eigenvalue weighted by molar-refractivity contribution is 5.46. The Hall–Kier alpha value is -1.22. The second-order valence-electron chi connectivity index (χ2n) is 7.00. The van der Waals surface area contributed by atoms with Crippen LogP contribution in [0.25, 0.3) is 0 Å². The van der Waals surface area contributed by atoms with Gasteiger partial charge in [0.2, 0.25) is 0 Å². The number of ether oxygens (including phenoxy) is 2. The molecular weight excluding hydrogens is 274 g/mol. The first-order chi connectivity index (χ1) is 10.6. The van der Waals surface area contributed by atoms with Crippen LogP contribution < -0.4 is 14.8 Å². The first-order valence-electron chi connectivity index (χ1n) is 8.62. The number of nitrogens with one attached hydrogen (secondary N) is 1. The summed E-state index contributed by atoms with van der Waals surface area (Å²) >= 11 is 0. The van der Waals surface area contributed by atoms with Gasteiger partial charge in [0.25, 0.3) is 0 Å². The van der Waals surface area contributed by atoms with Gasteiger partial charge in [-0.2, -0.15) is 0 Å². The van der Waals surface area contributed by atoms with Crippen LogP contribution in [0.1, 0.15) is 52.0 Å². The lowest BCUT2D eigenvalue weighted by molar-refractivity contribution is 0.251. The van der Waals surface area contributed by atoms with Crippen molar-refractivity contribution >= 4 is 0 Å². The van der Waals surface area contributed by atoms with E-state index in [0.717, 1.165) is 24.0 Å². The van der Waals surface area contributed by atoms with Crippen LogP contribution in [0.2, 0.25) is 0 Å². The van der Waals surface area contributed by atoms with E-state index >= 15 is 0 Å². The highest BCUT2D eigenvalue weighted by Gasteiger charge is 2.19. The van der Waals surface area contributed by atoms with Crippen LogP contribution >= 0.6 is 0 Å². The molecule has 0 amide bonds. The molecule has 1 aliphatic rings. The fourth-order valence-corrected chi connectivity index (χ4v) is 3.15. The monoisotopic (exact) mass is 305 g/mol. The van der Waals surface area contributed by atoms with E-state index in [1.807, 2.05) is 12.1 Å². The zero-order valence-electron chi connectivity index (χ0n) is 14.5. The molecule has 1 saturated carbocycles. The Labute approximate surface area is 135 Å². The molecule has 22 heavy (non-hydrogen) atoms. The second-order valence-corrected chi connectivity index (χ2v) is 7.00. The number of benzene rings is 1. The quantitative estimate of drug-likeness (QED) is 0.810. The Morgan fingerprint density at radius 1 is 1.27 bits per heavy atom. The van der Waals surface area contributed by atoms with Crippen molar-refractivity contribution in [2.75, 3.05) is 13.7 Å². The van der Waals surface area contributed by atoms with E-state index in [0.29, 0.717) is 18.6 Å². The molecule has 0 aliphatic heterocycles. The van der Waals surface area contributed by atoms with Crippen LogP contribution in [0, 0.1) is 11.8 Å². The van der Waals surface area contributed by atoms with Gasteiger partial charge in [0.15, 0.2) is 11.5 Å². The van der Waals surface area contributed by atoms with Crippen molar-refractivity contribution in [3.8, 4) is 11.5 Å². The van der Waals surface area contributed by atoms with Crippen molar-refractivity contribution in [2.24, 2.45) is 11.8 Å². The summed E-state index contributed by atoms with van der Waals surface area (Å²) in [5.41, 5.74) is 1.19. The second kappa shape index (κ2) is 8.42. The average molecular weight is 305 g/mol. The SMILES string of the molecule is COc1cccc(CNC2CCCC(C)C2)c1OCC(C)C. The molecule has 1 aromatic rings. The molecule has 1 aromatic carbocycles. The molecule has 2 rings (SSSR count). The maximum atomic E-state index is 6.02. The summed E-state index contributed by atoms with van der Waals surface area (Å²) in [7, 11) is 1.71. The summed E-state index contributed by atoms with van der Waals surface area (Å²) < 4.78 is 11.5. The molecular formula is C19H31NO2. The van der Waals surface area contributed by atoms with Crippen LogP contribution in [0.4, 0.5) is 0 Å². The van der Waals surface area contributed by atoms with Crippen LogP contribution in [0.5, 0.6) is 11.5 Å². The molecule has 1 fully saturated rings. The Kier molecular flexibility index (Phi) is 6.56. The van der Waals surface area contributed by atoms with Crippen LogP contribution in [0.3, 0.4) is 0 Å². The summed E-state index contributed by atoms with van der Waals surface area (Å²) in [4.78, 5) is 0. The fraction of sp³-hybridized carbons (Fsp3) is 0.684. The minimum atomic E-state index is 0.505.